The molecule has 1 saturated carbocycles. The lowest BCUT2D eigenvalue weighted by molar-refractivity contribution is -0.353. The van der Waals surface area contributed by atoms with E-state index in [9.17, 15) is 0 Å². The quantitative estimate of drug-likeness (QED) is 0.585. The Labute approximate surface area is 133 Å². The minimum atomic E-state index is -0.197. The topological polar surface area (TPSA) is 27.7 Å². The summed E-state index contributed by atoms with van der Waals surface area (Å²) < 4.78 is 5.80. The van der Waals surface area contributed by atoms with E-state index in [-0.39, 0.29) is 11.2 Å². The van der Waals surface area contributed by atoms with Crippen LogP contribution < -0.4 is 0 Å². The van der Waals surface area contributed by atoms with E-state index in [1.807, 2.05) is 18.2 Å². The smallest absolute Gasteiger partial charge is 0.106 e. The molecule has 1 aliphatic heterocycles. The van der Waals surface area contributed by atoms with Gasteiger partial charge < -0.3 is 4.74 Å². The Morgan fingerprint density at radius 2 is 1.86 bits per heavy atom. The molecule has 1 aromatic carbocycles. The molecule has 3 rings (SSSR count). The van der Waals surface area contributed by atoms with E-state index in [1.165, 1.54) is 18.4 Å². The molecule has 0 N–H and O–H groups in total. The highest BCUT2D eigenvalue weighted by atomic mass is 17.2. The van der Waals surface area contributed by atoms with E-state index in [2.05, 4.69) is 26.0 Å². The fraction of sp³-hybridized carbons (Fsp3) is 0.684. The largest absolute Gasteiger partial charge is 0.377 e. The first kappa shape index (κ1) is 16.0. The van der Waals surface area contributed by atoms with Crippen LogP contribution in [0.2, 0.25) is 0 Å². The zero-order chi connectivity index (χ0) is 15.5. The molecule has 1 unspecified atom stereocenters. The van der Waals surface area contributed by atoms with E-state index in [4.69, 9.17) is 14.5 Å². The van der Waals surface area contributed by atoms with Crippen LogP contribution in [0.4, 0.5) is 0 Å². The minimum absolute atomic E-state index is 0.0271. The molecular weight excluding hydrogens is 276 g/mol. The van der Waals surface area contributed by atoms with Crippen molar-refractivity contribution in [2.45, 2.75) is 70.2 Å². The number of benzene rings is 1. The standard InChI is InChI=1S/C19H28O3/c1-16-8-10-19(11-9-16)15-18(2,21-22-19)12-13-20-14-17-6-4-3-5-7-17/h3-7,16H,8-15H2,1-2H3. The fourth-order valence-corrected chi connectivity index (χ4v) is 3.66. The maximum Gasteiger partial charge on any atom is 0.106 e. The Hall–Kier alpha value is -0.900. The first-order chi connectivity index (χ1) is 10.6. The summed E-state index contributed by atoms with van der Waals surface area (Å²) in [6.07, 6.45) is 6.66. The fourth-order valence-electron chi connectivity index (χ4n) is 3.66. The third-order valence-electron chi connectivity index (χ3n) is 5.19. The zero-order valence-corrected chi connectivity index (χ0v) is 13.8. The van der Waals surface area contributed by atoms with E-state index < -0.39 is 0 Å². The molecule has 122 valence electrons. The number of rotatable bonds is 5. The summed E-state index contributed by atoms with van der Waals surface area (Å²) in [6.45, 7) is 5.87. The van der Waals surface area contributed by atoms with Gasteiger partial charge in [-0.05, 0) is 44.1 Å². The van der Waals surface area contributed by atoms with Gasteiger partial charge >= 0.3 is 0 Å². The molecule has 1 heterocycles. The highest BCUT2D eigenvalue weighted by molar-refractivity contribution is 5.13. The van der Waals surface area contributed by atoms with Crippen LogP contribution in [0.3, 0.4) is 0 Å². The van der Waals surface area contributed by atoms with Gasteiger partial charge in [0.25, 0.3) is 0 Å². The Balaban J connectivity index is 1.43. The van der Waals surface area contributed by atoms with Crippen LogP contribution in [0.1, 0.15) is 57.9 Å². The lowest BCUT2D eigenvalue weighted by Crippen LogP contribution is -2.35. The van der Waals surface area contributed by atoms with Crippen molar-refractivity contribution in [2.24, 2.45) is 5.92 Å². The van der Waals surface area contributed by atoms with Crippen molar-refractivity contribution >= 4 is 0 Å². The molecule has 3 nitrogen and oxygen atoms in total. The molecule has 1 aromatic rings. The predicted molar refractivity (Wildman–Crippen MR) is 86.3 cm³/mol. The molecule has 1 aliphatic carbocycles. The molecule has 2 fully saturated rings. The van der Waals surface area contributed by atoms with Gasteiger partial charge in [-0.2, -0.15) is 0 Å². The van der Waals surface area contributed by atoms with Gasteiger partial charge in [-0.3, -0.25) is 0 Å². The minimum Gasteiger partial charge on any atom is -0.377 e. The van der Waals surface area contributed by atoms with Gasteiger partial charge in [-0.15, -0.1) is 0 Å². The SMILES string of the molecule is CC1CCC2(CC1)CC(C)(CCOCc1ccccc1)OO2. The zero-order valence-electron chi connectivity index (χ0n) is 13.8. The molecule has 0 radical (unpaired) electrons. The maximum absolute atomic E-state index is 5.81. The van der Waals surface area contributed by atoms with Crippen molar-refractivity contribution in [2.75, 3.05) is 6.61 Å². The molecule has 2 aliphatic rings. The summed E-state index contributed by atoms with van der Waals surface area (Å²) in [5, 5.41) is 0. The van der Waals surface area contributed by atoms with Crippen molar-refractivity contribution < 1.29 is 14.5 Å². The predicted octanol–water partition coefficient (Wildman–Crippen LogP) is 4.65. The van der Waals surface area contributed by atoms with Gasteiger partial charge in [0, 0.05) is 19.4 Å². The lowest BCUT2D eigenvalue weighted by atomic mass is 9.74. The monoisotopic (exact) mass is 304 g/mol. The highest BCUT2D eigenvalue weighted by Gasteiger charge is 2.49. The van der Waals surface area contributed by atoms with Gasteiger partial charge in [-0.25, -0.2) is 9.78 Å². The number of hydrogen-bond acceptors (Lipinski definition) is 3. The van der Waals surface area contributed by atoms with Gasteiger partial charge in [-0.1, -0.05) is 37.3 Å². The van der Waals surface area contributed by atoms with Gasteiger partial charge in [0.15, 0.2) is 0 Å². The summed E-state index contributed by atoms with van der Waals surface area (Å²) in [4.78, 5) is 11.5. The van der Waals surface area contributed by atoms with Crippen LogP contribution in [-0.4, -0.2) is 17.8 Å². The molecule has 1 atom stereocenters. The average Bonchev–Trinajstić information content (AvgIpc) is 2.86. The average molecular weight is 304 g/mol. The molecule has 22 heavy (non-hydrogen) atoms. The number of ether oxygens (including phenoxy) is 1. The van der Waals surface area contributed by atoms with Crippen LogP contribution in [-0.2, 0) is 21.1 Å². The molecular formula is C19H28O3. The summed E-state index contributed by atoms with van der Waals surface area (Å²) >= 11 is 0. The molecule has 1 spiro atoms. The summed E-state index contributed by atoms with van der Waals surface area (Å²) in [6, 6.07) is 10.3. The van der Waals surface area contributed by atoms with Crippen molar-refractivity contribution in [3.05, 3.63) is 35.9 Å². The van der Waals surface area contributed by atoms with Gasteiger partial charge in [0.2, 0.25) is 0 Å². The molecule has 3 heteroatoms. The second kappa shape index (κ2) is 6.69. The first-order valence-corrected chi connectivity index (χ1v) is 8.58. The first-order valence-electron chi connectivity index (χ1n) is 8.58. The Bertz CT molecular complexity index is 465. The van der Waals surface area contributed by atoms with E-state index in [0.29, 0.717) is 13.2 Å². The van der Waals surface area contributed by atoms with Crippen LogP contribution in [0.25, 0.3) is 0 Å². The Morgan fingerprint density at radius 3 is 2.59 bits per heavy atom. The molecule has 0 amide bonds. The molecule has 1 saturated heterocycles. The summed E-state index contributed by atoms with van der Waals surface area (Å²) in [5.74, 6) is 0.829. The third kappa shape index (κ3) is 3.89. The maximum atomic E-state index is 5.81. The van der Waals surface area contributed by atoms with Crippen LogP contribution in [0, 0.1) is 5.92 Å². The van der Waals surface area contributed by atoms with E-state index >= 15 is 0 Å². The molecule has 0 bridgehead atoms. The van der Waals surface area contributed by atoms with E-state index in [1.54, 1.807) is 0 Å². The normalized spacial score (nSPS) is 35.1. The number of hydrogen-bond donors (Lipinski definition) is 0. The van der Waals surface area contributed by atoms with Crippen LogP contribution in [0.5, 0.6) is 0 Å². The van der Waals surface area contributed by atoms with E-state index in [0.717, 1.165) is 31.6 Å². The van der Waals surface area contributed by atoms with Crippen molar-refractivity contribution in [3.8, 4) is 0 Å². The summed E-state index contributed by atoms with van der Waals surface area (Å²) in [5.41, 5.74) is 0.992. The van der Waals surface area contributed by atoms with Crippen LogP contribution in [0.15, 0.2) is 30.3 Å². The summed E-state index contributed by atoms with van der Waals surface area (Å²) in [7, 11) is 0. The van der Waals surface area contributed by atoms with Crippen molar-refractivity contribution in [3.63, 3.8) is 0 Å². The second-order valence-corrected chi connectivity index (χ2v) is 7.45. The third-order valence-corrected chi connectivity index (χ3v) is 5.19. The van der Waals surface area contributed by atoms with Gasteiger partial charge in [0.05, 0.1) is 6.61 Å². The lowest BCUT2D eigenvalue weighted by Gasteiger charge is -2.33. The Morgan fingerprint density at radius 1 is 1.14 bits per heavy atom. The van der Waals surface area contributed by atoms with Crippen molar-refractivity contribution in [1.82, 2.24) is 0 Å². The molecule has 0 aromatic heterocycles. The highest BCUT2D eigenvalue weighted by Crippen LogP contribution is 2.47. The second-order valence-electron chi connectivity index (χ2n) is 7.45. The van der Waals surface area contributed by atoms with Gasteiger partial charge in [0.1, 0.15) is 11.2 Å². The van der Waals surface area contributed by atoms with Crippen molar-refractivity contribution in [1.29, 1.82) is 0 Å². The van der Waals surface area contributed by atoms with Crippen LogP contribution >= 0.6 is 0 Å². The Kier molecular flexibility index (Phi) is 4.86.